The normalized spacial score (nSPS) is 11.3. The summed E-state index contributed by atoms with van der Waals surface area (Å²) in [4.78, 5) is 11.9. The molecule has 0 fully saturated rings. The molecule has 0 bridgehead atoms. The van der Waals surface area contributed by atoms with Gasteiger partial charge in [-0.2, -0.15) is 0 Å². The summed E-state index contributed by atoms with van der Waals surface area (Å²) in [6, 6.07) is 14.5. The Labute approximate surface area is 141 Å². The molecule has 1 N–H and O–H groups in total. The van der Waals surface area contributed by atoms with Gasteiger partial charge in [-0.05, 0) is 42.0 Å². The fraction of sp³-hybridized carbons (Fsp3) is 0.211. The van der Waals surface area contributed by atoms with E-state index in [1.165, 1.54) is 7.11 Å². The first kappa shape index (κ1) is 17.4. The molecular weight excluding hydrogens is 306 g/mol. The Bertz CT molecular complexity index is 692. The summed E-state index contributed by atoms with van der Waals surface area (Å²) in [5.74, 6) is 1.04. The quantitative estimate of drug-likeness (QED) is 0.622. The third-order valence-corrected chi connectivity index (χ3v) is 3.65. The molecule has 2 aromatic carbocycles. The van der Waals surface area contributed by atoms with Crippen molar-refractivity contribution in [3.63, 3.8) is 0 Å². The van der Waals surface area contributed by atoms with Crippen molar-refractivity contribution in [3.05, 3.63) is 66.2 Å². The van der Waals surface area contributed by atoms with Crippen LogP contribution in [0.5, 0.6) is 11.5 Å². The fourth-order valence-electron chi connectivity index (χ4n) is 2.27. The van der Waals surface area contributed by atoms with Crippen molar-refractivity contribution in [1.82, 2.24) is 0 Å². The Morgan fingerprint density at radius 1 is 0.917 bits per heavy atom. The smallest absolute Gasteiger partial charge is 0.335 e. The molecule has 126 valence electrons. The molecule has 0 aliphatic rings. The van der Waals surface area contributed by atoms with Gasteiger partial charge in [0.25, 0.3) is 0 Å². The van der Waals surface area contributed by atoms with Crippen LogP contribution in [0.15, 0.2) is 60.7 Å². The minimum Gasteiger partial charge on any atom is -0.497 e. The van der Waals surface area contributed by atoms with Crippen LogP contribution in [0.25, 0.3) is 0 Å². The van der Waals surface area contributed by atoms with Crippen LogP contribution in [0.2, 0.25) is 0 Å². The van der Waals surface area contributed by atoms with Crippen molar-refractivity contribution in [1.29, 1.82) is 0 Å². The Morgan fingerprint density at radius 2 is 1.42 bits per heavy atom. The summed E-state index contributed by atoms with van der Waals surface area (Å²) in [6.07, 6.45) is 0. The van der Waals surface area contributed by atoms with Gasteiger partial charge in [-0.1, -0.05) is 18.7 Å². The second-order valence-electron chi connectivity index (χ2n) is 5.10. The van der Waals surface area contributed by atoms with Gasteiger partial charge in [0, 0.05) is 5.69 Å². The highest BCUT2D eigenvalue weighted by molar-refractivity contribution is 5.90. The Morgan fingerprint density at radius 3 is 1.88 bits per heavy atom. The molecule has 0 heterocycles. The molecule has 0 amide bonds. The third kappa shape index (κ3) is 4.07. The van der Waals surface area contributed by atoms with E-state index in [9.17, 15) is 4.79 Å². The van der Waals surface area contributed by atoms with Crippen LogP contribution in [0.3, 0.4) is 0 Å². The molecule has 1 atom stereocenters. The highest BCUT2D eigenvalue weighted by Gasteiger charge is 2.21. The van der Waals surface area contributed by atoms with Crippen LogP contribution in [0.1, 0.15) is 11.6 Å². The molecule has 0 aromatic heterocycles. The molecule has 5 heteroatoms. The number of hydrogen-bond acceptors (Lipinski definition) is 5. The summed E-state index contributed by atoms with van der Waals surface area (Å²) >= 11 is 0. The van der Waals surface area contributed by atoms with Crippen molar-refractivity contribution in [2.24, 2.45) is 0 Å². The van der Waals surface area contributed by atoms with E-state index >= 15 is 0 Å². The number of anilines is 1. The zero-order valence-electron chi connectivity index (χ0n) is 14.0. The Hall–Kier alpha value is -2.95. The lowest BCUT2D eigenvalue weighted by atomic mass is 9.99. The van der Waals surface area contributed by atoms with E-state index in [4.69, 9.17) is 14.2 Å². The number of benzene rings is 2. The average molecular weight is 327 g/mol. The predicted molar refractivity (Wildman–Crippen MR) is 93.5 cm³/mol. The van der Waals surface area contributed by atoms with E-state index in [0.717, 1.165) is 22.7 Å². The summed E-state index contributed by atoms with van der Waals surface area (Å²) in [7, 11) is 4.56. The van der Waals surface area contributed by atoms with E-state index in [0.29, 0.717) is 5.57 Å². The topological polar surface area (TPSA) is 56.8 Å². The predicted octanol–water partition coefficient (Wildman–Crippen LogP) is 3.59. The lowest BCUT2D eigenvalue weighted by Gasteiger charge is -2.22. The summed E-state index contributed by atoms with van der Waals surface area (Å²) in [5.41, 5.74) is 2.03. The van der Waals surface area contributed by atoms with Crippen LogP contribution < -0.4 is 14.8 Å². The maximum atomic E-state index is 11.9. The van der Waals surface area contributed by atoms with E-state index in [1.807, 2.05) is 48.5 Å². The maximum Gasteiger partial charge on any atom is 0.335 e. The standard InChI is InChI=1S/C19H21NO4/c1-13(19(21)24-4)18(14-5-9-16(22-2)10-6-14)20-15-7-11-17(23-3)12-8-15/h5-12,18,20H,1H2,2-4H3. The first-order valence-corrected chi connectivity index (χ1v) is 7.40. The first-order chi connectivity index (χ1) is 11.6. The molecule has 2 aromatic rings. The molecule has 0 radical (unpaired) electrons. The van der Waals surface area contributed by atoms with Crippen molar-refractivity contribution >= 4 is 11.7 Å². The number of carbonyl (C=O) groups excluding carboxylic acids is 1. The van der Waals surface area contributed by atoms with Crippen molar-refractivity contribution < 1.29 is 19.0 Å². The van der Waals surface area contributed by atoms with Gasteiger partial charge >= 0.3 is 5.97 Å². The molecule has 0 aliphatic heterocycles. The highest BCUT2D eigenvalue weighted by Crippen LogP contribution is 2.28. The third-order valence-electron chi connectivity index (χ3n) is 3.65. The molecular formula is C19H21NO4. The van der Waals surface area contributed by atoms with Gasteiger partial charge < -0.3 is 19.5 Å². The van der Waals surface area contributed by atoms with E-state index < -0.39 is 12.0 Å². The Balaban J connectivity index is 2.30. The number of esters is 1. The number of methoxy groups -OCH3 is 3. The summed E-state index contributed by atoms with van der Waals surface area (Å²) in [5, 5.41) is 3.30. The number of ether oxygens (including phenoxy) is 3. The van der Waals surface area contributed by atoms with Crippen LogP contribution in [0.4, 0.5) is 5.69 Å². The van der Waals surface area contributed by atoms with E-state index in [-0.39, 0.29) is 0 Å². The zero-order valence-corrected chi connectivity index (χ0v) is 14.0. The summed E-state index contributed by atoms with van der Waals surface area (Å²) in [6.45, 7) is 3.88. The number of hydrogen-bond donors (Lipinski definition) is 1. The molecule has 2 rings (SSSR count). The SMILES string of the molecule is C=C(C(=O)OC)C(Nc1ccc(OC)cc1)c1ccc(OC)cc1. The molecule has 5 nitrogen and oxygen atoms in total. The molecule has 1 unspecified atom stereocenters. The molecule has 0 aliphatic carbocycles. The van der Waals surface area contributed by atoms with Crippen LogP contribution in [0, 0.1) is 0 Å². The largest absolute Gasteiger partial charge is 0.497 e. The number of nitrogens with one attached hydrogen (secondary N) is 1. The van der Waals surface area contributed by atoms with Gasteiger partial charge in [0.1, 0.15) is 11.5 Å². The van der Waals surface area contributed by atoms with E-state index in [2.05, 4.69) is 11.9 Å². The zero-order chi connectivity index (χ0) is 17.5. The molecule has 0 spiro atoms. The number of carbonyl (C=O) groups is 1. The van der Waals surface area contributed by atoms with Gasteiger partial charge in [-0.15, -0.1) is 0 Å². The Kier molecular flexibility index (Phi) is 5.84. The number of rotatable bonds is 7. The van der Waals surface area contributed by atoms with Gasteiger partial charge in [0.2, 0.25) is 0 Å². The van der Waals surface area contributed by atoms with Crippen LogP contribution in [-0.2, 0) is 9.53 Å². The van der Waals surface area contributed by atoms with Crippen LogP contribution >= 0.6 is 0 Å². The van der Waals surface area contributed by atoms with Gasteiger partial charge in [-0.25, -0.2) is 4.79 Å². The van der Waals surface area contributed by atoms with Crippen molar-refractivity contribution in [2.75, 3.05) is 26.6 Å². The van der Waals surface area contributed by atoms with Crippen molar-refractivity contribution in [3.8, 4) is 11.5 Å². The monoisotopic (exact) mass is 327 g/mol. The second kappa shape index (κ2) is 8.06. The fourth-order valence-corrected chi connectivity index (χ4v) is 2.27. The minimum absolute atomic E-state index is 0.318. The van der Waals surface area contributed by atoms with Gasteiger partial charge in [0.15, 0.2) is 0 Å². The molecule has 24 heavy (non-hydrogen) atoms. The van der Waals surface area contributed by atoms with Crippen LogP contribution in [-0.4, -0.2) is 27.3 Å². The lowest BCUT2D eigenvalue weighted by Crippen LogP contribution is -2.19. The molecule has 0 saturated heterocycles. The van der Waals surface area contributed by atoms with E-state index in [1.54, 1.807) is 14.2 Å². The summed E-state index contributed by atoms with van der Waals surface area (Å²) < 4.78 is 15.1. The van der Waals surface area contributed by atoms with Gasteiger partial charge in [-0.3, -0.25) is 0 Å². The van der Waals surface area contributed by atoms with Crippen molar-refractivity contribution in [2.45, 2.75) is 6.04 Å². The second-order valence-corrected chi connectivity index (χ2v) is 5.10. The maximum absolute atomic E-state index is 11.9. The minimum atomic E-state index is -0.461. The lowest BCUT2D eigenvalue weighted by molar-refractivity contribution is -0.136. The highest BCUT2D eigenvalue weighted by atomic mass is 16.5. The average Bonchev–Trinajstić information content (AvgIpc) is 2.65. The molecule has 0 saturated carbocycles. The first-order valence-electron chi connectivity index (χ1n) is 7.40. The van der Waals surface area contributed by atoms with Gasteiger partial charge in [0.05, 0.1) is 32.9 Å².